The second kappa shape index (κ2) is 13.4. The minimum Gasteiger partial charge on any atom is -0.397 e. The number of amides is 3. The number of benzene rings is 1. The molecule has 9 heteroatoms. The Labute approximate surface area is 219 Å². The van der Waals surface area contributed by atoms with Gasteiger partial charge in [-0.2, -0.15) is 0 Å². The van der Waals surface area contributed by atoms with Crippen LogP contribution in [-0.4, -0.2) is 54.7 Å². The lowest BCUT2D eigenvalue weighted by atomic mass is 9.83. The molecule has 2 aliphatic rings. The van der Waals surface area contributed by atoms with Gasteiger partial charge < -0.3 is 26.8 Å². The van der Waals surface area contributed by atoms with Crippen LogP contribution in [0.5, 0.6) is 0 Å². The van der Waals surface area contributed by atoms with Crippen molar-refractivity contribution in [3.05, 3.63) is 53.9 Å². The summed E-state index contributed by atoms with van der Waals surface area (Å²) in [6.07, 6.45) is 9.80. The molecular formula is C28H40N6O3. The number of rotatable bonds is 11. The maximum absolute atomic E-state index is 12.7. The molecule has 3 amide bonds. The fraction of sp³-hybridized carbons (Fsp3) is 0.536. The summed E-state index contributed by atoms with van der Waals surface area (Å²) >= 11 is 0. The molecule has 4 rings (SSSR count). The number of urea groups is 1. The number of nitrogen functional groups attached to an aromatic ring is 1. The third-order valence-corrected chi connectivity index (χ3v) is 7.76. The SMILES string of the molecule is NC(=O)NC(CCC(CCN1CCOCC1)C1CCCC1)c1ccc(C(=O)Nc2ccccc2N)nc1. The monoisotopic (exact) mass is 508 g/mol. The van der Waals surface area contributed by atoms with Gasteiger partial charge in [-0.15, -0.1) is 0 Å². The summed E-state index contributed by atoms with van der Waals surface area (Å²) in [6.45, 7) is 4.74. The van der Waals surface area contributed by atoms with E-state index in [1.54, 1.807) is 24.4 Å². The zero-order chi connectivity index (χ0) is 26.0. The number of carbonyl (C=O) groups is 2. The van der Waals surface area contributed by atoms with Crippen molar-refractivity contribution in [1.82, 2.24) is 15.2 Å². The quantitative estimate of drug-likeness (QED) is 0.340. The van der Waals surface area contributed by atoms with Crippen molar-refractivity contribution < 1.29 is 14.3 Å². The van der Waals surface area contributed by atoms with E-state index in [-0.39, 0.29) is 17.6 Å². The van der Waals surface area contributed by atoms with Crippen molar-refractivity contribution in [2.24, 2.45) is 17.6 Å². The molecule has 0 radical (unpaired) electrons. The number of nitrogens with two attached hydrogens (primary N) is 2. The van der Waals surface area contributed by atoms with Crippen molar-refractivity contribution >= 4 is 23.3 Å². The number of morpholine rings is 1. The van der Waals surface area contributed by atoms with Gasteiger partial charge in [0.2, 0.25) is 0 Å². The highest BCUT2D eigenvalue weighted by molar-refractivity contribution is 6.04. The fourth-order valence-corrected chi connectivity index (χ4v) is 5.64. The van der Waals surface area contributed by atoms with Crippen LogP contribution in [0.2, 0.25) is 0 Å². The minimum atomic E-state index is -0.558. The third-order valence-electron chi connectivity index (χ3n) is 7.76. The van der Waals surface area contributed by atoms with Crippen LogP contribution in [0.3, 0.4) is 0 Å². The number of pyridine rings is 1. The molecule has 2 unspecified atom stereocenters. The first-order valence-corrected chi connectivity index (χ1v) is 13.5. The summed E-state index contributed by atoms with van der Waals surface area (Å²) in [5, 5.41) is 5.69. The molecule has 2 heterocycles. The lowest BCUT2D eigenvalue weighted by Crippen LogP contribution is -2.38. The first-order chi connectivity index (χ1) is 18.0. The Kier molecular flexibility index (Phi) is 9.73. The molecule has 9 nitrogen and oxygen atoms in total. The Balaban J connectivity index is 1.39. The Morgan fingerprint density at radius 2 is 1.81 bits per heavy atom. The van der Waals surface area contributed by atoms with E-state index in [4.69, 9.17) is 16.2 Å². The molecule has 1 aromatic carbocycles. The van der Waals surface area contributed by atoms with E-state index in [1.807, 2.05) is 18.2 Å². The smallest absolute Gasteiger partial charge is 0.312 e. The number of aromatic nitrogens is 1. The normalized spacial score (nSPS) is 18.3. The predicted molar refractivity (Wildman–Crippen MR) is 145 cm³/mol. The molecule has 1 saturated heterocycles. The molecule has 2 atom stereocenters. The number of ether oxygens (including phenoxy) is 1. The molecule has 2 aromatic rings. The largest absolute Gasteiger partial charge is 0.397 e. The number of primary amides is 1. The van der Waals surface area contributed by atoms with Gasteiger partial charge in [0.05, 0.1) is 30.6 Å². The molecule has 6 N–H and O–H groups in total. The highest BCUT2D eigenvalue weighted by Gasteiger charge is 2.27. The number of hydrogen-bond acceptors (Lipinski definition) is 6. The van der Waals surface area contributed by atoms with Crippen molar-refractivity contribution in [3.63, 3.8) is 0 Å². The first-order valence-electron chi connectivity index (χ1n) is 13.5. The molecule has 1 aliphatic heterocycles. The van der Waals surface area contributed by atoms with E-state index in [2.05, 4.69) is 20.5 Å². The predicted octanol–water partition coefficient (Wildman–Crippen LogP) is 3.93. The molecular weight excluding hydrogens is 468 g/mol. The summed E-state index contributed by atoms with van der Waals surface area (Å²) in [5.41, 5.74) is 13.6. The van der Waals surface area contributed by atoms with Crippen molar-refractivity contribution in [3.8, 4) is 0 Å². The van der Waals surface area contributed by atoms with E-state index in [1.165, 1.54) is 25.7 Å². The highest BCUT2D eigenvalue weighted by Crippen LogP contribution is 2.37. The molecule has 200 valence electrons. The average molecular weight is 509 g/mol. The van der Waals surface area contributed by atoms with Gasteiger partial charge in [-0.1, -0.05) is 43.9 Å². The summed E-state index contributed by atoms with van der Waals surface area (Å²) in [7, 11) is 0. The number of nitrogens with zero attached hydrogens (tertiary/aromatic N) is 2. The number of nitrogens with one attached hydrogen (secondary N) is 2. The second-order valence-electron chi connectivity index (χ2n) is 10.2. The number of carbonyl (C=O) groups excluding carboxylic acids is 2. The first kappa shape index (κ1) is 26.9. The maximum Gasteiger partial charge on any atom is 0.312 e. The number of para-hydroxylation sites is 2. The van der Waals surface area contributed by atoms with Crippen molar-refractivity contribution in [1.29, 1.82) is 0 Å². The van der Waals surface area contributed by atoms with Crippen molar-refractivity contribution in [2.75, 3.05) is 43.9 Å². The maximum atomic E-state index is 12.7. The van der Waals surface area contributed by atoms with Crippen LogP contribution in [0, 0.1) is 11.8 Å². The van der Waals surface area contributed by atoms with E-state index < -0.39 is 6.03 Å². The zero-order valence-corrected chi connectivity index (χ0v) is 21.5. The van der Waals surface area contributed by atoms with Gasteiger partial charge in [0, 0.05) is 19.3 Å². The molecule has 0 bridgehead atoms. The lowest BCUT2D eigenvalue weighted by Gasteiger charge is -2.31. The van der Waals surface area contributed by atoms with E-state index in [9.17, 15) is 9.59 Å². The molecule has 1 saturated carbocycles. The minimum absolute atomic E-state index is 0.251. The van der Waals surface area contributed by atoms with E-state index in [0.717, 1.165) is 63.6 Å². The molecule has 2 fully saturated rings. The van der Waals surface area contributed by atoms with Gasteiger partial charge in [0.1, 0.15) is 5.69 Å². The number of hydrogen-bond donors (Lipinski definition) is 4. The molecule has 1 aromatic heterocycles. The highest BCUT2D eigenvalue weighted by atomic mass is 16.5. The van der Waals surface area contributed by atoms with Crippen LogP contribution >= 0.6 is 0 Å². The van der Waals surface area contributed by atoms with Crippen LogP contribution < -0.4 is 22.1 Å². The standard InChI is InChI=1S/C28H40N6O3/c29-23-7-3-4-8-25(23)32-27(35)26-12-10-22(19-31-26)24(33-28(30)36)11-9-21(20-5-1-2-6-20)13-14-34-15-17-37-18-16-34/h3-4,7-8,10,12,19-21,24H,1-2,5-6,9,11,13-18,29H2,(H,32,35)(H3,30,33,36). The van der Waals surface area contributed by atoms with Crippen molar-refractivity contribution in [2.45, 2.75) is 51.0 Å². The van der Waals surface area contributed by atoms with Gasteiger partial charge in [-0.25, -0.2) is 4.79 Å². The number of anilines is 2. The summed E-state index contributed by atoms with van der Waals surface area (Å²) in [5.74, 6) is 1.01. The summed E-state index contributed by atoms with van der Waals surface area (Å²) < 4.78 is 5.50. The Morgan fingerprint density at radius 3 is 2.49 bits per heavy atom. The zero-order valence-electron chi connectivity index (χ0n) is 21.5. The summed E-state index contributed by atoms with van der Waals surface area (Å²) in [6, 6.07) is 9.80. The topological polar surface area (TPSA) is 136 Å². The second-order valence-corrected chi connectivity index (χ2v) is 10.2. The van der Waals surface area contributed by atoms with Crippen LogP contribution in [-0.2, 0) is 4.74 Å². The lowest BCUT2D eigenvalue weighted by molar-refractivity contribution is 0.0336. The Hall–Kier alpha value is -3.17. The Morgan fingerprint density at radius 1 is 1.05 bits per heavy atom. The van der Waals surface area contributed by atoms with Crippen LogP contribution in [0.15, 0.2) is 42.6 Å². The van der Waals surface area contributed by atoms with Crippen LogP contribution in [0.4, 0.5) is 16.2 Å². The van der Waals surface area contributed by atoms with Crippen LogP contribution in [0.25, 0.3) is 0 Å². The van der Waals surface area contributed by atoms with Gasteiger partial charge in [-0.3, -0.25) is 14.7 Å². The van der Waals surface area contributed by atoms with Crippen LogP contribution in [0.1, 0.15) is 67.0 Å². The Bertz CT molecular complexity index is 1020. The fourth-order valence-electron chi connectivity index (χ4n) is 5.64. The molecule has 1 aliphatic carbocycles. The molecule has 37 heavy (non-hydrogen) atoms. The van der Waals surface area contributed by atoms with E-state index >= 15 is 0 Å². The van der Waals surface area contributed by atoms with E-state index in [0.29, 0.717) is 17.3 Å². The van der Waals surface area contributed by atoms with Gasteiger partial charge in [-0.05, 0) is 61.4 Å². The van der Waals surface area contributed by atoms with Gasteiger partial charge in [0.15, 0.2) is 0 Å². The summed E-state index contributed by atoms with van der Waals surface area (Å²) in [4.78, 5) is 31.4. The third kappa shape index (κ3) is 7.90. The molecule has 0 spiro atoms. The van der Waals surface area contributed by atoms with Gasteiger partial charge in [0.25, 0.3) is 5.91 Å². The van der Waals surface area contributed by atoms with Gasteiger partial charge >= 0.3 is 6.03 Å². The average Bonchev–Trinajstić information content (AvgIpc) is 3.45.